The molecule has 4 nitrogen and oxygen atoms in total. The summed E-state index contributed by atoms with van der Waals surface area (Å²) in [5.41, 5.74) is 0.642. The van der Waals surface area contributed by atoms with E-state index in [4.69, 9.17) is 0 Å². The number of halogens is 2. The largest absolute Gasteiger partial charge is 0.371 e. The van der Waals surface area contributed by atoms with Crippen LogP contribution in [0.2, 0.25) is 0 Å². The molecule has 1 N–H and O–H groups in total. The summed E-state index contributed by atoms with van der Waals surface area (Å²) < 4.78 is 53.0. The van der Waals surface area contributed by atoms with Gasteiger partial charge in [-0.1, -0.05) is 6.42 Å². The maximum absolute atomic E-state index is 13.3. The van der Waals surface area contributed by atoms with Crippen LogP contribution in [0.4, 0.5) is 14.5 Å². The van der Waals surface area contributed by atoms with Gasteiger partial charge in [-0.3, -0.25) is 0 Å². The number of nitrogens with one attached hydrogen (secondary N) is 1. The molecule has 1 aliphatic heterocycles. The lowest BCUT2D eigenvalue weighted by Gasteiger charge is -2.25. The van der Waals surface area contributed by atoms with E-state index in [2.05, 4.69) is 4.72 Å². The first-order valence-corrected chi connectivity index (χ1v) is 9.75. The second-order valence-electron chi connectivity index (χ2n) is 6.63. The molecular formula is C16H22F2N2O2S. The summed E-state index contributed by atoms with van der Waals surface area (Å²) in [6.45, 7) is 1.78. The van der Waals surface area contributed by atoms with Crippen molar-refractivity contribution < 1.29 is 17.2 Å². The molecule has 128 valence electrons. The smallest absolute Gasteiger partial charge is 0.211 e. The fourth-order valence-electron chi connectivity index (χ4n) is 3.19. The van der Waals surface area contributed by atoms with Gasteiger partial charge in [0.25, 0.3) is 0 Å². The van der Waals surface area contributed by atoms with Crippen molar-refractivity contribution in [1.82, 2.24) is 4.72 Å². The Morgan fingerprint density at radius 1 is 1.13 bits per heavy atom. The Labute approximate surface area is 135 Å². The molecule has 1 aromatic carbocycles. The number of rotatable bonds is 6. The van der Waals surface area contributed by atoms with Crippen molar-refractivity contribution in [1.29, 1.82) is 0 Å². The third kappa shape index (κ3) is 4.20. The summed E-state index contributed by atoms with van der Waals surface area (Å²) in [7, 11) is -3.20. The fourth-order valence-corrected chi connectivity index (χ4v) is 4.75. The molecule has 2 fully saturated rings. The lowest BCUT2D eigenvalue weighted by molar-refractivity contribution is 0.346. The standard InChI is InChI=1S/C16H22F2N2O2S/c17-15-5-4-14(8-16(15)18)20-7-6-13(10-20)9-19-23(21,22)11-12-2-1-3-12/h4-5,8,12-13,19H,1-3,6-7,9-11H2. The molecule has 1 aromatic rings. The molecule has 7 heteroatoms. The number of hydrogen-bond acceptors (Lipinski definition) is 3. The van der Waals surface area contributed by atoms with Crippen molar-refractivity contribution in [3.05, 3.63) is 29.8 Å². The minimum atomic E-state index is -3.20. The molecule has 0 aromatic heterocycles. The molecule has 0 radical (unpaired) electrons. The summed E-state index contributed by atoms with van der Waals surface area (Å²) in [5.74, 6) is -0.971. The fraction of sp³-hybridized carbons (Fsp3) is 0.625. The van der Waals surface area contributed by atoms with Gasteiger partial charge in [0, 0.05) is 31.4 Å². The van der Waals surface area contributed by atoms with Gasteiger partial charge in [0.1, 0.15) is 0 Å². The quantitative estimate of drug-likeness (QED) is 0.863. The van der Waals surface area contributed by atoms with Crippen LogP contribution in [0.1, 0.15) is 25.7 Å². The molecule has 1 unspecified atom stereocenters. The number of nitrogens with zero attached hydrogens (tertiary/aromatic N) is 1. The van der Waals surface area contributed by atoms with Crippen molar-refractivity contribution in [3.63, 3.8) is 0 Å². The van der Waals surface area contributed by atoms with E-state index < -0.39 is 21.7 Å². The average molecular weight is 344 g/mol. The van der Waals surface area contributed by atoms with Gasteiger partial charge in [-0.2, -0.15) is 0 Å². The van der Waals surface area contributed by atoms with Crippen molar-refractivity contribution in [2.45, 2.75) is 25.7 Å². The molecule has 1 atom stereocenters. The maximum Gasteiger partial charge on any atom is 0.211 e. The van der Waals surface area contributed by atoms with Crippen molar-refractivity contribution in [3.8, 4) is 0 Å². The van der Waals surface area contributed by atoms with Crippen molar-refractivity contribution >= 4 is 15.7 Å². The lowest BCUT2D eigenvalue weighted by Crippen LogP contribution is -2.36. The van der Waals surface area contributed by atoms with E-state index >= 15 is 0 Å². The zero-order chi connectivity index (χ0) is 16.4. The van der Waals surface area contributed by atoms with E-state index in [0.29, 0.717) is 24.7 Å². The van der Waals surface area contributed by atoms with E-state index in [1.807, 2.05) is 4.90 Å². The summed E-state index contributed by atoms with van der Waals surface area (Å²) in [5, 5.41) is 0. The Balaban J connectivity index is 1.50. The van der Waals surface area contributed by atoms with E-state index in [1.54, 1.807) is 6.07 Å². The first kappa shape index (κ1) is 16.6. The summed E-state index contributed by atoms with van der Waals surface area (Å²) >= 11 is 0. The van der Waals surface area contributed by atoms with Gasteiger partial charge in [0.05, 0.1) is 5.75 Å². The molecule has 1 saturated heterocycles. The highest BCUT2D eigenvalue weighted by Crippen LogP contribution is 2.28. The molecule has 1 saturated carbocycles. The van der Waals surface area contributed by atoms with Crippen molar-refractivity contribution in [2.75, 3.05) is 30.3 Å². The first-order chi connectivity index (χ1) is 10.9. The third-order valence-corrected chi connectivity index (χ3v) is 6.34. The van der Waals surface area contributed by atoms with Gasteiger partial charge in [-0.25, -0.2) is 21.9 Å². The topological polar surface area (TPSA) is 49.4 Å². The van der Waals surface area contributed by atoms with Gasteiger partial charge >= 0.3 is 0 Å². The second-order valence-corrected chi connectivity index (χ2v) is 8.48. The normalized spacial score (nSPS) is 22.3. The van der Waals surface area contributed by atoms with Gasteiger partial charge in [0.2, 0.25) is 10.0 Å². The van der Waals surface area contributed by atoms with Crippen molar-refractivity contribution in [2.24, 2.45) is 11.8 Å². The molecule has 2 aliphatic rings. The van der Waals surface area contributed by atoms with Gasteiger partial charge in [-0.05, 0) is 43.2 Å². The number of benzene rings is 1. The molecule has 1 heterocycles. The minimum absolute atomic E-state index is 0.194. The monoisotopic (exact) mass is 344 g/mol. The SMILES string of the molecule is O=S(=O)(CC1CCC1)NCC1CCN(c2ccc(F)c(F)c2)C1. The van der Waals surface area contributed by atoms with Crippen LogP contribution in [0.5, 0.6) is 0 Å². The van der Waals surface area contributed by atoms with Crippen LogP contribution in [0, 0.1) is 23.5 Å². The Kier molecular flexibility index (Phi) is 4.87. The summed E-state index contributed by atoms with van der Waals surface area (Å²) in [6, 6.07) is 3.87. The second kappa shape index (κ2) is 6.73. The first-order valence-electron chi connectivity index (χ1n) is 8.10. The van der Waals surface area contributed by atoms with Crippen LogP contribution in [-0.4, -0.2) is 33.8 Å². The predicted octanol–water partition coefficient (Wildman–Crippen LogP) is 2.51. The van der Waals surface area contributed by atoms with Gasteiger partial charge < -0.3 is 4.90 Å². The third-order valence-electron chi connectivity index (χ3n) is 4.83. The Morgan fingerprint density at radius 2 is 1.91 bits per heavy atom. The molecule has 0 bridgehead atoms. The molecular weight excluding hydrogens is 322 g/mol. The van der Waals surface area contributed by atoms with E-state index in [9.17, 15) is 17.2 Å². The van der Waals surface area contributed by atoms with Gasteiger partial charge in [-0.15, -0.1) is 0 Å². The zero-order valence-electron chi connectivity index (χ0n) is 13.0. The number of hydrogen-bond donors (Lipinski definition) is 1. The minimum Gasteiger partial charge on any atom is -0.371 e. The molecule has 0 spiro atoms. The molecule has 0 amide bonds. The summed E-state index contributed by atoms with van der Waals surface area (Å²) in [6.07, 6.45) is 3.99. The van der Waals surface area contributed by atoms with Crippen LogP contribution >= 0.6 is 0 Å². The molecule has 23 heavy (non-hydrogen) atoms. The highest BCUT2D eigenvalue weighted by atomic mass is 32.2. The van der Waals surface area contributed by atoms with E-state index in [0.717, 1.165) is 38.3 Å². The Hall–Kier alpha value is -1.21. The summed E-state index contributed by atoms with van der Waals surface area (Å²) in [4.78, 5) is 1.97. The maximum atomic E-state index is 13.3. The molecule has 1 aliphatic carbocycles. The average Bonchev–Trinajstić information content (AvgIpc) is 2.93. The highest BCUT2D eigenvalue weighted by molar-refractivity contribution is 7.89. The van der Waals surface area contributed by atoms with Crippen LogP contribution in [0.25, 0.3) is 0 Å². The van der Waals surface area contributed by atoms with Gasteiger partial charge in [0.15, 0.2) is 11.6 Å². The van der Waals surface area contributed by atoms with Crippen LogP contribution in [0.15, 0.2) is 18.2 Å². The van der Waals surface area contributed by atoms with E-state index in [-0.39, 0.29) is 11.7 Å². The Morgan fingerprint density at radius 3 is 2.57 bits per heavy atom. The van der Waals surface area contributed by atoms with E-state index in [1.165, 1.54) is 6.07 Å². The Bertz CT molecular complexity index is 662. The van der Waals surface area contributed by atoms with Crippen LogP contribution in [0.3, 0.4) is 0 Å². The lowest BCUT2D eigenvalue weighted by atomic mass is 9.87. The molecule has 3 rings (SSSR count). The predicted molar refractivity (Wildman–Crippen MR) is 85.8 cm³/mol. The number of sulfonamides is 1. The van der Waals surface area contributed by atoms with Crippen LogP contribution in [-0.2, 0) is 10.0 Å². The highest BCUT2D eigenvalue weighted by Gasteiger charge is 2.27. The number of anilines is 1. The van der Waals surface area contributed by atoms with Crippen LogP contribution < -0.4 is 9.62 Å². The zero-order valence-corrected chi connectivity index (χ0v) is 13.8.